The fraction of sp³-hybridized carbons (Fsp3) is 0.632. The van der Waals surface area contributed by atoms with Crippen molar-refractivity contribution in [3.8, 4) is 23.0 Å². The number of likely N-dealkylation sites (N-methyl/N-ethyl adjacent to an activating group) is 1. The summed E-state index contributed by atoms with van der Waals surface area (Å²) in [5.74, 6) is 1.50. The number of rotatable bonds is 12. The number of fused-ring (bicyclic) bond motifs is 3. The molecule has 264 valence electrons. The van der Waals surface area contributed by atoms with Crippen molar-refractivity contribution in [3.05, 3.63) is 46.5 Å². The average molecular weight is 667 g/mol. The van der Waals surface area contributed by atoms with Crippen LogP contribution in [-0.4, -0.2) is 89.6 Å². The monoisotopic (exact) mass is 666 g/mol. The Hall–Kier alpha value is -3.50. The highest BCUT2D eigenvalue weighted by molar-refractivity contribution is 6.00. The summed E-state index contributed by atoms with van der Waals surface area (Å²) in [5, 5.41) is 0. The second-order valence-corrected chi connectivity index (χ2v) is 13.1. The molecule has 2 aliphatic heterocycles. The van der Waals surface area contributed by atoms with Gasteiger partial charge < -0.3 is 28.4 Å². The number of hydrogen-bond acceptors (Lipinski definition) is 10. The zero-order valence-corrected chi connectivity index (χ0v) is 30.1. The number of carbonyl (C=O) groups excluding carboxylic acids is 2. The maximum absolute atomic E-state index is 14.1. The van der Waals surface area contributed by atoms with Crippen molar-refractivity contribution >= 4 is 11.9 Å². The van der Waals surface area contributed by atoms with Crippen LogP contribution >= 0.6 is 0 Å². The van der Waals surface area contributed by atoms with Crippen LogP contribution in [-0.2, 0) is 37.4 Å². The molecule has 1 saturated carbocycles. The van der Waals surface area contributed by atoms with Crippen molar-refractivity contribution in [1.29, 1.82) is 0 Å². The summed E-state index contributed by atoms with van der Waals surface area (Å²) < 4.78 is 34.7. The van der Waals surface area contributed by atoms with Crippen molar-refractivity contribution in [1.82, 2.24) is 9.80 Å². The molecular formula is C38H54N2O8. The van der Waals surface area contributed by atoms with Gasteiger partial charge in [0, 0.05) is 25.0 Å². The Kier molecular flexibility index (Phi) is 11.1. The highest BCUT2D eigenvalue weighted by atomic mass is 16.6. The molecule has 0 radical (unpaired) electrons. The first-order valence-electron chi connectivity index (χ1n) is 17.6. The van der Waals surface area contributed by atoms with E-state index in [1.807, 2.05) is 0 Å². The molecule has 0 bridgehead atoms. The molecule has 3 aliphatic rings. The standard InChI is InChI=1S/C38H54N2O8/c1-9-17-40-19-14-26-21-31(44-6)33(46-8)23-28(26)38(40)16-15-37(35(41)47-11-3,36(42)48-12-4)24-29(38)34-27-22-32(45-7)30(43-5)20-25(27)13-18-39(34)10-2/h20-23,29,34H,9-19,24H2,1-8H3. The minimum atomic E-state index is -1.44. The highest BCUT2D eigenvalue weighted by Gasteiger charge is 2.63. The minimum Gasteiger partial charge on any atom is -0.493 e. The number of ether oxygens (including phenoxy) is 6. The van der Waals surface area contributed by atoms with E-state index in [1.165, 1.54) is 16.7 Å². The van der Waals surface area contributed by atoms with Crippen molar-refractivity contribution in [2.45, 2.75) is 77.8 Å². The molecule has 3 unspecified atom stereocenters. The third-order valence-corrected chi connectivity index (χ3v) is 11.0. The fourth-order valence-corrected chi connectivity index (χ4v) is 8.92. The van der Waals surface area contributed by atoms with E-state index in [9.17, 15) is 9.59 Å². The minimum absolute atomic E-state index is 0.152. The zero-order chi connectivity index (χ0) is 34.6. The van der Waals surface area contributed by atoms with E-state index in [2.05, 4.69) is 47.9 Å². The normalized spacial score (nSPS) is 23.5. The van der Waals surface area contributed by atoms with Crippen LogP contribution in [0, 0.1) is 11.3 Å². The average Bonchev–Trinajstić information content (AvgIpc) is 3.11. The quantitative estimate of drug-likeness (QED) is 0.207. The van der Waals surface area contributed by atoms with Gasteiger partial charge in [0.2, 0.25) is 0 Å². The van der Waals surface area contributed by atoms with E-state index in [-0.39, 0.29) is 31.6 Å². The number of benzene rings is 2. The highest BCUT2D eigenvalue weighted by Crippen LogP contribution is 2.61. The summed E-state index contributed by atoms with van der Waals surface area (Å²) in [6, 6.07) is 8.33. The van der Waals surface area contributed by atoms with Gasteiger partial charge in [-0.1, -0.05) is 13.8 Å². The lowest BCUT2D eigenvalue weighted by molar-refractivity contribution is -0.184. The van der Waals surface area contributed by atoms with Crippen molar-refractivity contribution in [3.63, 3.8) is 0 Å². The van der Waals surface area contributed by atoms with Gasteiger partial charge in [0.15, 0.2) is 28.4 Å². The Bertz CT molecular complexity index is 1460. The lowest BCUT2D eigenvalue weighted by Gasteiger charge is -2.61. The van der Waals surface area contributed by atoms with Gasteiger partial charge in [-0.15, -0.1) is 0 Å². The number of esters is 2. The van der Waals surface area contributed by atoms with Crippen LogP contribution in [0.25, 0.3) is 0 Å². The summed E-state index contributed by atoms with van der Waals surface area (Å²) in [6.07, 6.45) is 3.81. The Labute approximate surface area is 285 Å². The number of nitrogens with zero attached hydrogens (tertiary/aromatic N) is 2. The Morgan fingerprint density at radius 2 is 1.31 bits per heavy atom. The number of carbonyl (C=O) groups is 2. The lowest BCUT2D eigenvalue weighted by Crippen LogP contribution is -2.64. The lowest BCUT2D eigenvalue weighted by atomic mass is 9.54. The first-order chi connectivity index (χ1) is 23.2. The molecule has 10 nitrogen and oxygen atoms in total. The van der Waals surface area contributed by atoms with Gasteiger partial charge in [0.1, 0.15) is 0 Å². The zero-order valence-electron chi connectivity index (χ0n) is 30.1. The third kappa shape index (κ3) is 5.89. The Balaban J connectivity index is 1.85. The summed E-state index contributed by atoms with van der Waals surface area (Å²) in [5.41, 5.74) is 2.72. The topological polar surface area (TPSA) is 96.0 Å². The van der Waals surface area contributed by atoms with E-state index >= 15 is 0 Å². The molecule has 2 aromatic carbocycles. The van der Waals surface area contributed by atoms with Crippen molar-refractivity contribution in [2.75, 3.05) is 67.8 Å². The van der Waals surface area contributed by atoms with E-state index in [4.69, 9.17) is 28.4 Å². The number of methoxy groups -OCH3 is 4. The molecule has 48 heavy (non-hydrogen) atoms. The molecule has 0 N–H and O–H groups in total. The molecule has 1 spiro atoms. The van der Waals surface area contributed by atoms with E-state index in [0.717, 1.165) is 51.0 Å². The largest absolute Gasteiger partial charge is 0.493 e. The van der Waals surface area contributed by atoms with Crippen LogP contribution in [0.1, 0.15) is 81.7 Å². The summed E-state index contributed by atoms with van der Waals surface area (Å²) in [6.45, 7) is 11.7. The van der Waals surface area contributed by atoms with E-state index in [0.29, 0.717) is 35.8 Å². The molecular weight excluding hydrogens is 612 g/mol. The molecule has 0 saturated heterocycles. The molecule has 2 heterocycles. The van der Waals surface area contributed by atoms with Crippen LogP contribution in [0.2, 0.25) is 0 Å². The van der Waals surface area contributed by atoms with Crippen LogP contribution in [0.15, 0.2) is 24.3 Å². The molecule has 10 heteroatoms. The van der Waals surface area contributed by atoms with Gasteiger partial charge in [0.05, 0.1) is 47.2 Å². The molecule has 5 rings (SSSR count). The molecule has 3 atom stereocenters. The van der Waals surface area contributed by atoms with E-state index < -0.39 is 22.9 Å². The van der Waals surface area contributed by atoms with Gasteiger partial charge in [-0.25, -0.2) is 0 Å². The van der Waals surface area contributed by atoms with Gasteiger partial charge >= 0.3 is 11.9 Å². The van der Waals surface area contributed by atoms with Gasteiger partial charge in [0.25, 0.3) is 0 Å². The van der Waals surface area contributed by atoms with Crippen molar-refractivity contribution in [2.24, 2.45) is 11.3 Å². The van der Waals surface area contributed by atoms with Crippen LogP contribution < -0.4 is 18.9 Å². The van der Waals surface area contributed by atoms with Gasteiger partial charge in [-0.3, -0.25) is 19.4 Å². The first-order valence-corrected chi connectivity index (χ1v) is 17.6. The van der Waals surface area contributed by atoms with E-state index in [1.54, 1.807) is 42.3 Å². The van der Waals surface area contributed by atoms with Gasteiger partial charge in [-0.2, -0.15) is 0 Å². The van der Waals surface area contributed by atoms with Gasteiger partial charge in [-0.05, 0) is 112 Å². The summed E-state index contributed by atoms with van der Waals surface area (Å²) in [7, 11) is 6.66. The SMILES string of the molecule is CCCN1CCc2cc(OC)c(OC)cc2C12CCC(C(=O)OCC)(C(=O)OCC)CC2C1c2cc(OC)c(OC)cc2CCN1CC. The van der Waals surface area contributed by atoms with Crippen LogP contribution in [0.4, 0.5) is 0 Å². The predicted molar refractivity (Wildman–Crippen MR) is 183 cm³/mol. The van der Waals surface area contributed by atoms with Crippen molar-refractivity contribution < 1.29 is 38.0 Å². The maximum Gasteiger partial charge on any atom is 0.323 e. The fourth-order valence-electron chi connectivity index (χ4n) is 8.92. The molecule has 1 fully saturated rings. The summed E-state index contributed by atoms with van der Waals surface area (Å²) in [4.78, 5) is 33.4. The summed E-state index contributed by atoms with van der Waals surface area (Å²) >= 11 is 0. The maximum atomic E-state index is 14.1. The Morgan fingerprint density at radius 3 is 1.88 bits per heavy atom. The smallest absolute Gasteiger partial charge is 0.323 e. The second kappa shape index (κ2) is 14.9. The third-order valence-electron chi connectivity index (χ3n) is 11.0. The molecule has 2 aromatic rings. The molecule has 1 aliphatic carbocycles. The molecule has 0 amide bonds. The number of hydrogen-bond donors (Lipinski definition) is 0. The molecule has 0 aromatic heterocycles. The van der Waals surface area contributed by atoms with Crippen LogP contribution in [0.5, 0.6) is 23.0 Å². The Morgan fingerprint density at radius 1 is 0.750 bits per heavy atom. The predicted octanol–water partition coefficient (Wildman–Crippen LogP) is 5.72. The first kappa shape index (κ1) is 35.8. The second-order valence-electron chi connectivity index (χ2n) is 13.1. The van der Waals surface area contributed by atoms with Crippen LogP contribution in [0.3, 0.4) is 0 Å².